The molecule has 32 heavy (non-hydrogen) atoms. The number of rotatable bonds is 8. The van der Waals surface area contributed by atoms with Gasteiger partial charge in [0.25, 0.3) is 6.47 Å². The minimum atomic E-state index is -4.66. The Hall–Kier alpha value is -4.09. The number of hydrogen-bond donors (Lipinski definition) is 3. The van der Waals surface area contributed by atoms with Crippen LogP contribution in [0.3, 0.4) is 0 Å². The molecule has 0 aliphatic rings. The normalized spacial score (nSPS) is 10.9. The first-order valence-electron chi connectivity index (χ1n) is 8.99. The van der Waals surface area contributed by atoms with Gasteiger partial charge in [-0.2, -0.15) is 18.2 Å². The molecule has 2 aromatic carbocycles. The third-order valence-electron chi connectivity index (χ3n) is 4.19. The fourth-order valence-electron chi connectivity index (χ4n) is 2.75. The van der Waals surface area contributed by atoms with Gasteiger partial charge in [0.2, 0.25) is 5.95 Å². The molecule has 0 unspecified atom stereocenters. The lowest BCUT2D eigenvalue weighted by Crippen LogP contribution is -2.09. The van der Waals surface area contributed by atoms with Gasteiger partial charge in [0.1, 0.15) is 5.75 Å². The smallest absolute Gasteiger partial charge is 0.420 e. The van der Waals surface area contributed by atoms with Crippen LogP contribution in [0.25, 0.3) is 0 Å². The number of aromatic nitrogens is 2. The van der Waals surface area contributed by atoms with Crippen molar-refractivity contribution in [2.45, 2.75) is 6.18 Å². The fraction of sp³-hybridized carbons (Fsp3) is 0.150. The van der Waals surface area contributed by atoms with Gasteiger partial charge < -0.3 is 25.4 Å². The first-order chi connectivity index (χ1) is 15.2. The van der Waals surface area contributed by atoms with Crippen molar-refractivity contribution in [2.75, 3.05) is 30.1 Å². The number of nitrogens with one attached hydrogen (secondary N) is 3. The van der Waals surface area contributed by atoms with Gasteiger partial charge in [-0.3, -0.25) is 4.79 Å². The zero-order valence-electron chi connectivity index (χ0n) is 16.7. The second-order valence-electron chi connectivity index (χ2n) is 6.23. The van der Waals surface area contributed by atoms with E-state index in [0.717, 1.165) is 25.4 Å². The number of alkyl halides is 3. The van der Waals surface area contributed by atoms with Crippen LogP contribution in [0.2, 0.25) is 0 Å². The summed E-state index contributed by atoms with van der Waals surface area (Å²) in [6, 6.07) is 7.88. The molecule has 3 N–H and O–H groups in total. The molecule has 1 heterocycles. The molecule has 0 aliphatic carbocycles. The average molecular weight is 451 g/mol. The Kier molecular flexibility index (Phi) is 6.61. The van der Waals surface area contributed by atoms with Crippen LogP contribution in [0, 0.1) is 5.82 Å². The van der Waals surface area contributed by atoms with E-state index in [0.29, 0.717) is 11.4 Å². The monoisotopic (exact) mass is 451 g/mol. The highest BCUT2D eigenvalue weighted by Gasteiger charge is 2.34. The van der Waals surface area contributed by atoms with E-state index in [9.17, 15) is 22.4 Å². The number of methoxy groups -OCH3 is 1. The van der Waals surface area contributed by atoms with E-state index in [1.54, 1.807) is 19.2 Å². The number of halogens is 4. The largest absolute Gasteiger partial charge is 0.496 e. The van der Waals surface area contributed by atoms with Crippen LogP contribution in [0.5, 0.6) is 11.5 Å². The lowest BCUT2D eigenvalue weighted by Gasteiger charge is -2.15. The highest BCUT2D eigenvalue weighted by atomic mass is 19.4. The molecule has 168 valence electrons. The van der Waals surface area contributed by atoms with Crippen LogP contribution >= 0.6 is 0 Å². The second-order valence-corrected chi connectivity index (χ2v) is 6.23. The maximum Gasteiger partial charge on any atom is 0.420 e. The molecule has 0 saturated carbocycles. The minimum Gasteiger partial charge on any atom is -0.496 e. The number of carbonyl (C=O) groups excluding carboxylic acids is 1. The van der Waals surface area contributed by atoms with Crippen molar-refractivity contribution >= 4 is 35.3 Å². The van der Waals surface area contributed by atoms with Crippen molar-refractivity contribution in [3.05, 3.63) is 54.0 Å². The molecule has 0 saturated heterocycles. The number of benzene rings is 2. The van der Waals surface area contributed by atoms with Crippen LogP contribution in [0.4, 0.5) is 46.4 Å². The van der Waals surface area contributed by atoms with Crippen molar-refractivity contribution < 1.29 is 31.8 Å². The Morgan fingerprint density at radius 3 is 2.34 bits per heavy atom. The Labute approximate surface area is 179 Å². The van der Waals surface area contributed by atoms with Crippen LogP contribution in [0.1, 0.15) is 5.56 Å². The van der Waals surface area contributed by atoms with E-state index in [1.807, 2.05) is 0 Å². The summed E-state index contributed by atoms with van der Waals surface area (Å²) in [5, 5.41) is 8.21. The molecule has 3 aromatic rings. The number of hydrogen-bond acceptors (Lipinski definition) is 8. The Balaban J connectivity index is 1.86. The third-order valence-corrected chi connectivity index (χ3v) is 4.19. The first-order valence-corrected chi connectivity index (χ1v) is 8.99. The molecule has 0 aliphatic heterocycles. The quantitative estimate of drug-likeness (QED) is 0.335. The van der Waals surface area contributed by atoms with Crippen LogP contribution in [-0.2, 0) is 11.0 Å². The molecule has 12 heteroatoms. The van der Waals surface area contributed by atoms with Crippen molar-refractivity contribution in [1.29, 1.82) is 0 Å². The van der Waals surface area contributed by atoms with Gasteiger partial charge in [0, 0.05) is 18.4 Å². The van der Waals surface area contributed by atoms with E-state index in [-0.39, 0.29) is 35.4 Å². The summed E-state index contributed by atoms with van der Waals surface area (Å²) in [5.74, 6) is -1.31. The van der Waals surface area contributed by atoms with E-state index in [4.69, 9.17) is 9.47 Å². The highest BCUT2D eigenvalue weighted by Crippen LogP contribution is 2.38. The standard InChI is InChI=1S/C20H17F4N5O3/c1-25-15-8-12(4-6-17(15)32-10-30)28-19-26-9-14(21)18(29-19)27-11-3-5-16(31-2)13(7-11)20(22,23)24/h3-10,25H,1-2H3,(H2,26,27,28,29). The zero-order valence-corrected chi connectivity index (χ0v) is 16.7. The van der Waals surface area contributed by atoms with Crippen molar-refractivity contribution in [3.8, 4) is 11.5 Å². The summed E-state index contributed by atoms with van der Waals surface area (Å²) in [6.07, 6.45) is -3.79. The van der Waals surface area contributed by atoms with Gasteiger partial charge in [-0.05, 0) is 36.4 Å². The SMILES string of the molecule is CNc1cc(Nc2ncc(F)c(Nc3ccc(OC)c(C(F)(F)F)c3)n2)ccc1OC=O. The highest BCUT2D eigenvalue weighted by molar-refractivity contribution is 5.69. The Morgan fingerprint density at radius 1 is 1.03 bits per heavy atom. The van der Waals surface area contributed by atoms with Crippen LogP contribution in [0.15, 0.2) is 42.6 Å². The molecule has 3 rings (SSSR count). The third kappa shape index (κ3) is 5.14. The fourth-order valence-corrected chi connectivity index (χ4v) is 2.75. The van der Waals surface area contributed by atoms with E-state index in [2.05, 4.69) is 25.9 Å². The summed E-state index contributed by atoms with van der Waals surface area (Å²) >= 11 is 0. The van der Waals surface area contributed by atoms with E-state index < -0.39 is 17.6 Å². The van der Waals surface area contributed by atoms with Crippen molar-refractivity contribution in [3.63, 3.8) is 0 Å². The van der Waals surface area contributed by atoms with Gasteiger partial charge >= 0.3 is 6.18 Å². The van der Waals surface area contributed by atoms with Gasteiger partial charge in [-0.15, -0.1) is 0 Å². The summed E-state index contributed by atoms with van der Waals surface area (Å²) in [7, 11) is 2.74. The van der Waals surface area contributed by atoms with Gasteiger partial charge in [0.05, 0.1) is 24.6 Å². The molecule has 0 fully saturated rings. The van der Waals surface area contributed by atoms with Crippen molar-refractivity contribution in [1.82, 2.24) is 9.97 Å². The van der Waals surface area contributed by atoms with Crippen LogP contribution in [-0.4, -0.2) is 30.6 Å². The lowest BCUT2D eigenvalue weighted by molar-refractivity contribution is -0.138. The Morgan fingerprint density at radius 2 is 1.72 bits per heavy atom. The molecule has 8 nitrogen and oxygen atoms in total. The van der Waals surface area contributed by atoms with Gasteiger partial charge in [0.15, 0.2) is 17.4 Å². The molecular formula is C20H17F4N5O3. The minimum absolute atomic E-state index is 0.0236. The van der Waals surface area contributed by atoms with Crippen molar-refractivity contribution in [2.24, 2.45) is 0 Å². The summed E-state index contributed by atoms with van der Waals surface area (Å²) < 4.78 is 63.5. The lowest BCUT2D eigenvalue weighted by atomic mass is 10.1. The predicted octanol–water partition coefficient (Wildman–Crippen LogP) is 4.71. The topological polar surface area (TPSA) is 97.4 Å². The summed E-state index contributed by atoms with van der Waals surface area (Å²) in [5.41, 5.74) is -0.0982. The summed E-state index contributed by atoms with van der Waals surface area (Å²) in [6.45, 7) is 0.285. The van der Waals surface area contributed by atoms with Crippen LogP contribution < -0.4 is 25.4 Å². The number of ether oxygens (including phenoxy) is 2. The number of carbonyl (C=O) groups is 1. The summed E-state index contributed by atoms with van der Waals surface area (Å²) in [4.78, 5) is 18.4. The maximum atomic E-state index is 14.2. The molecule has 0 atom stereocenters. The molecular weight excluding hydrogens is 434 g/mol. The molecule has 0 radical (unpaired) electrons. The maximum absolute atomic E-state index is 14.2. The molecule has 0 spiro atoms. The predicted molar refractivity (Wildman–Crippen MR) is 109 cm³/mol. The van der Waals surface area contributed by atoms with Gasteiger partial charge in [-0.25, -0.2) is 9.37 Å². The molecule has 0 bridgehead atoms. The number of anilines is 5. The average Bonchev–Trinajstić information content (AvgIpc) is 2.76. The van der Waals surface area contributed by atoms with E-state index in [1.165, 1.54) is 12.1 Å². The van der Waals surface area contributed by atoms with Gasteiger partial charge in [-0.1, -0.05) is 0 Å². The second kappa shape index (κ2) is 9.37. The molecule has 1 aromatic heterocycles. The van der Waals surface area contributed by atoms with E-state index >= 15 is 0 Å². The zero-order chi connectivity index (χ0) is 23.3. The molecule has 0 amide bonds. The number of nitrogens with zero attached hydrogens (tertiary/aromatic N) is 2. The Bertz CT molecular complexity index is 1120. The first kappa shape index (κ1) is 22.6.